The van der Waals surface area contributed by atoms with Crippen LogP contribution in [0.2, 0.25) is 0 Å². The van der Waals surface area contributed by atoms with Crippen molar-refractivity contribution in [2.75, 3.05) is 25.4 Å². The number of carbonyl (C=O) groups excluding carboxylic acids is 1. The van der Waals surface area contributed by atoms with E-state index in [1.165, 1.54) is 11.1 Å². The summed E-state index contributed by atoms with van der Waals surface area (Å²) in [7, 11) is 0. The number of nitrogens with zero attached hydrogens (tertiary/aromatic N) is 1. The molecule has 0 spiro atoms. The first kappa shape index (κ1) is 16.9. The number of aryl methyl sites for hydroxylation is 1. The predicted molar refractivity (Wildman–Crippen MR) is 99.5 cm³/mol. The van der Waals surface area contributed by atoms with Crippen LogP contribution in [0.15, 0.2) is 54.6 Å². The Bertz CT molecular complexity index is 657. The summed E-state index contributed by atoms with van der Waals surface area (Å²) in [5.74, 6) is 1.79. The van der Waals surface area contributed by atoms with Crippen LogP contribution >= 0.6 is 11.8 Å². The molecule has 1 fully saturated rings. The maximum Gasteiger partial charge on any atom is 0.260 e. The second-order valence-electron chi connectivity index (χ2n) is 6.04. The maximum atomic E-state index is 12.4. The van der Waals surface area contributed by atoms with E-state index in [2.05, 4.69) is 24.3 Å². The third kappa shape index (κ3) is 4.54. The fraction of sp³-hybridized carbons (Fsp3) is 0.350. The first-order chi connectivity index (χ1) is 11.7. The monoisotopic (exact) mass is 341 g/mol. The quantitative estimate of drug-likeness (QED) is 0.839. The SMILES string of the molecule is Cc1ccc(OCC(=O)N2CCSC(c3ccccc3)CC2)cc1. The summed E-state index contributed by atoms with van der Waals surface area (Å²) in [5.41, 5.74) is 2.54. The summed E-state index contributed by atoms with van der Waals surface area (Å²) in [6, 6.07) is 18.4. The van der Waals surface area contributed by atoms with Crippen LogP contribution in [0.1, 0.15) is 22.8 Å². The minimum absolute atomic E-state index is 0.0740. The van der Waals surface area contributed by atoms with Gasteiger partial charge in [-0.15, -0.1) is 0 Å². The highest BCUT2D eigenvalue weighted by Gasteiger charge is 2.22. The van der Waals surface area contributed by atoms with Gasteiger partial charge in [0.15, 0.2) is 6.61 Å². The summed E-state index contributed by atoms with van der Waals surface area (Å²) in [5, 5.41) is 0.474. The number of benzene rings is 2. The van der Waals surface area contributed by atoms with Gasteiger partial charge in [0.25, 0.3) is 5.91 Å². The van der Waals surface area contributed by atoms with Crippen molar-refractivity contribution >= 4 is 17.7 Å². The summed E-state index contributed by atoms with van der Waals surface area (Å²) in [6.45, 7) is 3.74. The standard InChI is InChI=1S/C20H23NO2S/c1-16-7-9-18(10-8-16)23-15-20(22)21-12-11-19(24-14-13-21)17-5-3-2-4-6-17/h2-10,19H,11-15H2,1H3. The van der Waals surface area contributed by atoms with Gasteiger partial charge >= 0.3 is 0 Å². The number of carbonyl (C=O) groups is 1. The molecule has 1 amide bonds. The smallest absolute Gasteiger partial charge is 0.260 e. The third-order valence-electron chi connectivity index (χ3n) is 4.25. The molecule has 4 heteroatoms. The highest BCUT2D eigenvalue weighted by atomic mass is 32.2. The second kappa shape index (κ2) is 8.25. The van der Waals surface area contributed by atoms with E-state index >= 15 is 0 Å². The van der Waals surface area contributed by atoms with E-state index in [4.69, 9.17) is 4.74 Å². The zero-order valence-corrected chi connectivity index (χ0v) is 14.8. The Balaban J connectivity index is 1.52. The Hall–Kier alpha value is -1.94. The Kier molecular flexibility index (Phi) is 5.81. The molecule has 1 saturated heterocycles. The fourth-order valence-electron chi connectivity index (χ4n) is 2.82. The van der Waals surface area contributed by atoms with E-state index < -0.39 is 0 Å². The molecule has 24 heavy (non-hydrogen) atoms. The molecule has 1 atom stereocenters. The van der Waals surface area contributed by atoms with Gasteiger partial charge < -0.3 is 9.64 Å². The fourth-order valence-corrected chi connectivity index (χ4v) is 4.06. The molecule has 1 unspecified atom stereocenters. The van der Waals surface area contributed by atoms with Crippen LogP contribution in [-0.4, -0.2) is 36.3 Å². The van der Waals surface area contributed by atoms with Crippen molar-refractivity contribution in [3.8, 4) is 5.75 Å². The van der Waals surface area contributed by atoms with Gasteiger partial charge in [-0.2, -0.15) is 11.8 Å². The molecule has 0 N–H and O–H groups in total. The zero-order chi connectivity index (χ0) is 16.8. The van der Waals surface area contributed by atoms with Crippen LogP contribution in [0.3, 0.4) is 0 Å². The van der Waals surface area contributed by atoms with E-state index in [9.17, 15) is 4.79 Å². The maximum absolute atomic E-state index is 12.4. The lowest BCUT2D eigenvalue weighted by atomic mass is 10.1. The molecule has 3 nitrogen and oxygen atoms in total. The van der Waals surface area contributed by atoms with Crippen molar-refractivity contribution in [1.82, 2.24) is 4.90 Å². The molecule has 2 aromatic rings. The van der Waals surface area contributed by atoms with Gasteiger partial charge in [-0.1, -0.05) is 48.0 Å². The largest absolute Gasteiger partial charge is 0.484 e. The average molecular weight is 341 g/mol. The Morgan fingerprint density at radius 3 is 2.62 bits per heavy atom. The van der Waals surface area contributed by atoms with E-state index in [-0.39, 0.29) is 12.5 Å². The van der Waals surface area contributed by atoms with Crippen LogP contribution in [0.25, 0.3) is 0 Å². The number of thioether (sulfide) groups is 1. The molecule has 2 aromatic carbocycles. The lowest BCUT2D eigenvalue weighted by molar-refractivity contribution is -0.133. The molecule has 1 heterocycles. The van der Waals surface area contributed by atoms with Crippen molar-refractivity contribution in [3.05, 3.63) is 65.7 Å². The Morgan fingerprint density at radius 1 is 1.12 bits per heavy atom. The minimum Gasteiger partial charge on any atom is -0.484 e. The van der Waals surface area contributed by atoms with Crippen molar-refractivity contribution in [3.63, 3.8) is 0 Å². The van der Waals surface area contributed by atoms with Crippen molar-refractivity contribution in [2.24, 2.45) is 0 Å². The summed E-state index contributed by atoms with van der Waals surface area (Å²) < 4.78 is 5.63. The molecule has 0 aromatic heterocycles. The number of hydrogen-bond donors (Lipinski definition) is 0. The first-order valence-corrected chi connectivity index (χ1v) is 9.41. The van der Waals surface area contributed by atoms with Crippen LogP contribution in [0.4, 0.5) is 0 Å². The molecule has 0 bridgehead atoms. The van der Waals surface area contributed by atoms with Crippen molar-refractivity contribution in [1.29, 1.82) is 0 Å². The average Bonchev–Trinajstić information content (AvgIpc) is 2.88. The normalized spacial score (nSPS) is 18.0. The van der Waals surface area contributed by atoms with E-state index in [0.717, 1.165) is 31.0 Å². The van der Waals surface area contributed by atoms with Gasteiger partial charge in [0.2, 0.25) is 0 Å². The second-order valence-corrected chi connectivity index (χ2v) is 7.35. The van der Waals surface area contributed by atoms with Gasteiger partial charge in [-0.3, -0.25) is 4.79 Å². The highest BCUT2D eigenvalue weighted by Crippen LogP contribution is 2.34. The molecule has 3 rings (SSSR count). The van der Waals surface area contributed by atoms with E-state index in [1.807, 2.05) is 53.9 Å². The van der Waals surface area contributed by atoms with E-state index in [1.54, 1.807) is 0 Å². The summed E-state index contributed by atoms with van der Waals surface area (Å²) in [6.07, 6.45) is 0.991. The topological polar surface area (TPSA) is 29.5 Å². The molecule has 0 aliphatic carbocycles. The van der Waals surface area contributed by atoms with Crippen molar-refractivity contribution in [2.45, 2.75) is 18.6 Å². The summed E-state index contributed by atoms with van der Waals surface area (Å²) in [4.78, 5) is 14.4. The van der Waals surface area contributed by atoms with Crippen LogP contribution in [0, 0.1) is 6.92 Å². The number of hydrogen-bond acceptors (Lipinski definition) is 3. The molecule has 1 aliphatic heterocycles. The van der Waals surface area contributed by atoms with Gasteiger partial charge in [0, 0.05) is 24.1 Å². The Labute approximate surface area is 148 Å². The lowest BCUT2D eigenvalue weighted by Crippen LogP contribution is -2.36. The van der Waals surface area contributed by atoms with Crippen molar-refractivity contribution < 1.29 is 9.53 Å². The van der Waals surface area contributed by atoms with Gasteiger partial charge in [-0.05, 0) is 31.0 Å². The van der Waals surface area contributed by atoms with Gasteiger partial charge in [0.05, 0.1) is 0 Å². The molecular formula is C20H23NO2S. The summed E-state index contributed by atoms with van der Waals surface area (Å²) >= 11 is 1.94. The molecule has 126 valence electrons. The molecule has 0 saturated carbocycles. The van der Waals surface area contributed by atoms with Gasteiger partial charge in [0.1, 0.15) is 5.75 Å². The highest BCUT2D eigenvalue weighted by molar-refractivity contribution is 7.99. The Morgan fingerprint density at radius 2 is 1.88 bits per heavy atom. The number of ether oxygens (including phenoxy) is 1. The number of rotatable bonds is 4. The van der Waals surface area contributed by atoms with Crippen LogP contribution < -0.4 is 4.74 Å². The molecule has 0 radical (unpaired) electrons. The minimum atomic E-state index is 0.0740. The van der Waals surface area contributed by atoms with Gasteiger partial charge in [-0.25, -0.2) is 0 Å². The zero-order valence-electron chi connectivity index (χ0n) is 14.0. The molecular weight excluding hydrogens is 318 g/mol. The van der Waals surface area contributed by atoms with E-state index in [0.29, 0.717) is 5.25 Å². The first-order valence-electron chi connectivity index (χ1n) is 8.36. The van der Waals surface area contributed by atoms with Crippen LogP contribution in [-0.2, 0) is 4.79 Å². The lowest BCUT2D eigenvalue weighted by Gasteiger charge is -2.20. The third-order valence-corrected chi connectivity index (χ3v) is 5.58. The number of amides is 1. The van der Waals surface area contributed by atoms with Crippen LogP contribution in [0.5, 0.6) is 5.75 Å². The molecule has 1 aliphatic rings. The predicted octanol–water partition coefficient (Wildman–Crippen LogP) is 4.08.